The lowest BCUT2D eigenvalue weighted by Gasteiger charge is -2.34. The summed E-state index contributed by atoms with van der Waals surface area (Å²) in [4.78, 5) is 2.54. The molecule has 10 aromatic carbocycles. The minimum Gasteiger partial charge on any atom is -0.309 e. The number of hydrogen-bond acceptors (Lipinski definition) is 2. The first-order chi connectivity index (χ1) is 30.3. The highest BCUT2D eigenvalue weighted by Gasteiger charge is 2.47. The third-order valence-corrected chi connectivity index (χ3v) is 13.9. The Labute approximate surface area is 360 Å². The Hall–Kier alpha value is -7.52. The summed E-state index contributed by atoms with van der Waals surface area (Å²) in [5.41, 5.74) is 15.4. The predicted octanol–water partition coefficient (Wildman–Crippen LogP) is 16.4. The van der Waals surface area contributed by atoms with Gasteiger partial charge in [0.25, 0.3) is 0 Å². The second kappa shape index (κ2) is 14.3. The first-order valence-corrected chi connectivity index (χ1v) is 21.8. The molecule has 0 bridgehead atoms. The molecular weight excluding hydrogens is 755 g/mol. The highest BCUT2D eigenvalue weighted by atomic mass is 32.1. The lowest BCUT2D eigenvalue weighted by molar-refractivity contribution is 0.768. The molecule has 0 unspecified atom stereocenters. The van der Waals surface area contributed by atoms with Gasteiger partial charge in [0.2, 0.25) is 0 Å². The van der Waals surface area contributed by atoms with Gasteiger partial charge in [-0.1, -0.05) is 200 Å². The van der Waals surface area contributed by atoms with E-state index in [0.29, 0.717) is 0 Å². The summed E-state index contributed by atoms with van der Waals surface area (Å²) < 4.78 is 2.57. The topological polar surface area (TPSA) is 3.24 Å². The van der Waals surface area contributed by atoms with Crippen LogP contribution in [0.2, 0.25) is 0 Å². The summed E-state index contributed by atoms with van der Waals surface area (Å²) in [6.45, 7) is 0. The van der Waals surface area contributed by atoms with Crippen molar-refractivity contribution in [2.75, 3.05) is 4.90 Å². The van der Waals surface area contributed by atoms with Gasteiger partial charge in [0.15, 0.2) is 0 Å². The smallest absolute Gasteiger partial charge is 0.0714 e. The molecule has 0 saturated carbocycles. The Balaban J connectivity index is 1.16. The van der Waals surface area contributed by atoms with Crippen LogP contribution in [0, 0.1) is 0 Å². The van der Waals surface area contributed by atoms with E-state index in [9.17, 15) is 0 Å². The predicted molar refractivity (Wildman–Crippen MR) is 260 cm³/mol. The van der Waals surface area contributed by atoms with Crippen molar-refractivity contribution in [3.8, 4) is 33.4 Å². The zero-order valence-corrected chi connectivity index (χ0v) is 34.2. The van der Waals surface area contributed by atoms with Gasteiger partial charge in [-0.15, -0.1) is 11.3 Å². The average Bonchev–Trinajstić information content (AvgIpc) is 3.88. The van der Waals surface area contributed by atoms with Crippen LogP contribution >= 0.6 is 11.3 Å². The minimum absolute atomic E-state index is 0.516. The van der Waals surface area contributed by atoms with Crippen molar-refractivity contribution in [2.24, 2.45) is 0 Å². The quantitative estimate of drug-likeness (QED) is 0.155. The molecule has 61 heavy (non-hydrogen) atoms. The van der Waals surface area contributed by atoms with Gasteiger partial charge < -0.3 is 4.90 Å². The van der Waals surface area contributed by atoms with Crippen molar-refractivity contribution in [3.63, 3.8) is 0 Å². The van der Waals surface area contributed by atoms with Crippen molar-refractivity contribution in [1.82, 2.24) is 0 Å². The maximum atomic E-state index is 2.54. The van der Waals surface area contributed by atoms with E-state index in [1.807, 2.05) is 11.3 Å². The van der Waals surface area contributed by atoms with Gasteiger partial charge in [-0.25, -0.2) is 0 Å². The lowest BCUT2D eigenvalue weighted by Crippen LogP contribution is -2.28. The molecule has 0 saturated heterocycles. The third-order valence-electron chi connectivity index (χ3n) is 12.7. The van der Waals surface area contributed by atoms with Gasteiger partial charge in [-0.05, 0) is 97.2 Å². The Kier molecular flexibility index (Phi) is 8.33. The molecule has 1 aromatic heterocycles. The monoisotopic (exact) mass is 793 g/mol. The maximum Gasteiger partial charge on any atom is 0.0714 e. The molecule has 1 nitrogen and oxygen atoms in total. The fourth-order valence-electron chi connectivity index (χ4n) is 10.1. The van der Waals surface area contributed by atoms with Crippen LogP contribution < -0.4 is 4.90 Å². The van der Waals surface area contributed by atoms with Gasteiger partial charge >= 0.3 is 0 Å². The molecule has 11 aromatic rings. The number of nitrogens with zero attached hydrogens (tertiary/aromatic N) is 1. The zero-order valence-electron chi connectivity index (χ0n) is 33.4. The van der Waals surface area contributed by atoms with Crippen LogP contribution in [0.25, 0.3) is 64.3 Å². The summed E-state index contributed by atoms with van der Waals surface area (Å²) in [5, 5.41) is 5.03. The summed E-state index contributed by atoms with van der Waals surface area (Å²) in [5.74, 6) is 0. The summed E-state index contributed by atoms with van der Waals surface area (Å²) >= 11 is 1.89. The highest BCUT2D eigenvalue weighted by Crippen LogP contribution is 2.60. The van der Waals surface area contributed by atoms with E-state index in [1.165, 1.54) is 86.6 Å². The van der Waals surface area contributed by atoms with E-state index >= 15 is 0 Å². The number of thiophene rings is 1. The third kappa shape index (κ3) is 5.53. The van der Waals surface area contributed by atoms with E-state index in [2.05, 4.69) is 241 Å². The fraction of sp³-hybridized carbons (Fsp3) is 0.0169. The SMILES string of the molecule is c1ccc(-c2ccc(N(c3ccc(-c4ccc5ccccc5c4)cc3)c3cccc4c3-c3ccccc3C4(c3ccccc3)c3ccccc3)c3c2sc2ccccc23)cc1. The molecular formula is C59H39NS. The van der Waals surface area contributed by atoms with E-state index < -0.39 is 5.41 Å². The van der Waals surface area contributed by atoms with E-state index in [0.717, 1.165) is 17.1 Å². The van der Waals surface area contributed by atoms with Crippen molar-refractivity contribution in [3.05, 3.63) is 259 Å². The molecule has 0 aliphatic heterocycles. The Morgan fingerprint density at radius 3 is 1.77 bits per heavy atom. The highest BCUT2D eigenvalue weighted by molar-refractivity contribution is 7.26. The van der Waals surface area contributed by atoms with Crippen molar-refractivity contribution in [2.45, 2.75) is 5.41 Å². The number of fused-ring (bicyclic) bond motifs is 7. The van der Waals surface area contributed by atoms with Crippen LogP contribution in [-0.2, 0) is 5.41 Å². The summed E-state index contributed by atoms with van der Waals surface area (Å²) in [6.07, 6.45) is 0. The fourth-order valence-corrected chi connectivity index (χ4v) is 11.3. The first kappa shape index (κ1) is 35.4. The van der Waals surface area contributed by atoms with Gasteiger partial charge in [-0.2, -0.15) is 0 Å². The zero-order chi connectivity index (χ0) is 40.3. The van der Waals surface area contributed by atoms with Crippen LogP contribution in [0.3, 0.4) is 0 Å². The van der Waals surface area contributed by atoms with Crippen LogP contribution in [0.5, 0.6) is 0 Å². The second-order valence-corrected chi connectivity index (χ2v) is 17.0. The second-order valence-electron chi connectivity index (χ2n) is 16.0. The Bertz CT molecular complexity index is 3360. The molecule has 12 rings (SSSR count). The summed E-state index contributed by atoms with van der Waals surface area (Å²) in [6, 6.07) is 87.3. The Morgan fingerprint density at radius 2 is 1.00 bits per heavy atom. The molecule has 0 atom stereocenters. The van der Waals surface area contributed by atoms with Gasteiger partial charge in [0.05, 0.1) is 16.8 Å². The van der Waals surface area contributed by atoms with Crippen LogP contribution in [0.1, 0.15) is 22.3 Å². The normalized spacial score (nSPS) is 12.7. The largest absolute Gasteiger partial charge is 0.309 e. The van der Waals surface area contributed by atoms with Crippen LogP contribution in [0.4, 0.5) is 17.1 Å². The van der Waals surface area contributed by atoms with Crippen LogP contribution in [0.15, 0.2) is 237 Å². The van der Waals surface area contributed by atoms with Crippen molar-refractivity contribution < 1.29 is 0 Å². The molecule has 2 heteroatoms. The van der Waals surface area contributed by atoms with Crippen molar-refractivity contribution in [1.29, 1.82) is 0 Å². The van der Waals surface area contributed by atoms with Crippen molar-refractivity contribution >= 4 is 59.3 Å². The molecule has 1 aliphatic carbocycles. The number of benzene rings is 10. The molecule has 0 fully saturated rings. The molecule has 286 valence electrons. The molecule has 0 radical (unpaired) electrons. The number of hydrogen-bond donors (Lipinski definition) is 0. The van der Waals surface area contributed by atoms with E-state index in [4.69, 9.17) is 0 Å². The number of anilines is 3. The van der Waals surface area contributed by atoms with Crippen LogP contribution in [-0.4, -0.2) is 0 Å². The van der Waals surface area contributed by atoms with E-state index in [-0.39, 0.29) is 0 Å². The van der Waals surface area contributed by atoms with Gasteiger partial charge in [0, 0.05) is 31.4 Å². The lowest BCUT2D eigenvalue weighted by atomic mass is 9.68. The van der Waals surface area contributed by atoms with E-state index in [1.54, 1.807) is 0 Å². The first-order valence-electron chi connectivity index (χ1n) is 21.0. The molecule has 0 amide bonds. The number of rotatable bonds is 7. The minimum atomic E-state index is -0.516. The average molecular weight is 794 g/mol. The Morgan fingerprint density at radius 1 is 0.377 bits per heavy atom. The molecule has 0 N–H and O–H groups in total. The van der Waals surface area contributed by atoms with Gasteiger partial charge in [0.1, 0.15) is 0 Å². The molecule has 1 heterocycles. The summed E-state index contributed by atoms with van der Waals surface area (Å²) in [7, 11) is 0. The molecule has 1 aliphatic rings. The maximum absolute atomic E-state index is 2.54. The molecule has 0 spiro atoms. The van der Waals surface area contributed by atoms with Gasteiger partial charge in [-0.3, -0.25) is 0 Å². The standard InChI is InChI=1S/C59H39NS/c1-4-18-42(19-5-1)48-37-38-54(57-50-26-13-15-30-55(50)61-58(48)57)60(47-35-33-41(34-36-47)44-32-31-40-17-10-11-20-43(40)39-44)53-29-16-28-52-56(53)49-25-12-14-27-51(49)59(52,45-21-6-2-7-22-45)46-23-8-3-9-24-46/h1-39H.